The number of nitrogens with zero attached hydrogens (tertiary/aromatic N) is 4. The molecule has 0 fully saturated rings. The van der Waals surface area contributed by atoms with Gasteiger partial charge in [-0.15, -0.1) is 22.7 Å². The second kappa shape index (κ2) is 12.9. The van der Waals surface area contributed by atoms with Crippen molar-refractivity contribution < 1.29 is 4.42 Å². The van der Waals surface area contributed by atoms with E-state index in [1.165, 1.54) is 61.9 Å². The first kappa shape index (κ1) is 34.0. The molecule has 62 heavy (non-hydrogen) atoms. The molecule has 0 saturated heterocycles. The first-order valence-electron chi connectivity index (χ1n) is 20.7. The van der Waals surface area contributed by atoms with E-state index in [1.807, 2.05) is 40.9 Å². The van der Waals surface area contributed by atoms with Crippen molar-refractivity contribution >= 4 is 118 Å². The number of hydrogen-bond acceptors (Lipinski definition) is 6. The number of para-hydroxylation sites is 2. The van der Waals surface area contributed by atoms with Gasteiger partial charge in [-0.05, 0) is 89.6 Å². The van der Waals surface area contributed by atoms with Gasteiger partial charge in [0.15, 0.2) is 17.5 Å². The molecule has 14 rings (SSSR count). The van der Waals surface area contributed by atoms with Gasteiger partial charge in [0.2, 0.25) is 0 Å². The smallest absolute Gasteiger partial charge is 0.166 e. The minimum atomic E-state index is 0.600. The molecule has 14 aromatic rings. The van der Waals surface area contributed by atoms with Gasteiger partial charge in [-0.3, -0.25) is 0 Å². The molecule has 0 spiro atoms. The Hall–Kier alpha value is -7.71. The molecular weight excluding hydrogens is 797 g/mol. The Morgan fingerprint density at radius 3 is 1.79 bits per heavy atom. The predicted molar refractivity (Wildman–Crippen MR) is 261 cm³/mol. The standard InChI is InChI=1S/C55H30N4OS2/c1-2-12-32-30-45-41(27-31(32)11-1)35-13-3-7-17-44(35)59(45)51-40(24-23-39-37-15-5-10-20-49(37)62-52(39)51)55-57-53(33-21-25-47-42(28-33)36-14-4-8-18-46(36)60-47)56-54(58-55)34-22-26-50-43(29-34)38-16-6-9-19-48(38)61-50/h1-30H. The second-order valence-electron chi connectivity index (χ2n) is 15.9. The average molecular weight is 827 g/mol. The van der Waals surface area contributed by atoms with E-state index in [0.29, 0.717) is 17.5 Å². The highest BCUT2D eigenvalue weighted by molar-refractivity contribution is 7.26. The average Bonchev–Trinajstić information content (AvgIpc) is 4.09. The topological polar surface area (TPSA) is 56.7 Å². The third-order valence-corrected chi connectivity index (χ3v) is 14.8. The highest BCUT2D eigenvalue weighted by Crippen LogP contribution is 2.46. The highest BCUT2D eigenvalue weighted by Gasteiger charge is 2.24. The van der Waals surface area contributed by atoms with Gasteiger partial charge >= 0.3 is 0 Å². The van der Waals surface area contributed by atoms with Crippen LogP contribution < -0.4 is 0 Å². The van der Waals surface area contributed by atoms with Crippen LogP contribution in [0.3, 0.4) is 0 Å². The largest absolute Gasteiger partial charge is 0.456 e. The SMILES string of the molecule is c1ccc2cc3c(cc2c1)c1ccccc1n3-c1c(-c2nc(-c3ccc4oc5ccccc5c4c3)nc(-c3ccc4sc5ccccc5c4c3)n2)ccc2c1sc1ccccc12. The molecule has 5 aromatic heterocycles. The molecule has 0 radical (unpaired) electrons. The Morgan fingerprint density at radius 2 is 0.968 bits per heavy atom. The van der Waals surface area contributed by atoms with Crippen LogP contribution >= 0.6 is 22.7 Å². The van der Waals surface area contributed by atoms with Gasteiger partial charge in [0, 0.05) is 73.9 Å². The fraction of sp³-hybridized carbons (Fsp3) is 0. The molecule has 0 aliphatic rings. The van der Waals surface area contributed by atoms with Crippen LogP contribution in [-0.4, -0.2) is 19.5 Å². The summed E-state index contributed by atoms with van der Waals surface area (Å²) in [5.74, 6) is 1.83. The predicted octanol–water partition coefficient (Wildman–Crippen LogP) is 15.8. The zero-order valence-corrected chi connectivity index (χ0v) is 34.5. The molecule has 0 aliphatic carbocycles. The lowest BCUT2D eigenvalue weighted by Crippen LogP contribution is -2.04. The fourth-order valence-electron chi connectivity index (χ4n) is 9.56. The van der Waals surface area contributed by atoms with Crippen LogP contribution in [0.15, 0.2) is 186 Å². The maximum atomic E-state index is 6.26. The number of benzene rings is 9. The minimum absolute atomic E-state index is 0.600. The first-order chi connectivity index (χ1) is 30.7. The van der Waals surface area contributed by atoms with Crippen LogP contribution in [0.1, 0.15) is 0 Å². The summed E-state index contributed by atoms with van der Waals surface area (Å²) in [7, 11) is 0. The molecule has 5 nitrogen and oxygen atoms in total. The summed E-state index contributed by atoms with van der Waals surface area (Å²) in [4.78, 5) is 16.2. The van der Waals surface area contributed by atoms with Gasteiger partial charge in [0.05, 0.1) is 21.4 Å². The summed E-state index contributed by atoms with van der Waals surface area (Å²) in [5, 5.41) is 11.8. The van der Waals surface area contributed by atoms with Gasteiger partial charge in [-0.25, -0.2) is 15.0 Å². The maximum Gasteiger partial charge on any atom is 0.166 e. The molecule has 0 amide bonds. The summed E-state index contributed by atoms with van der Waals surface area (Å²) >= 11 is 3.63. The maximum absolute atomic E-state index is 6.26. The lowest BCUT2D eigenvalue weighted by atomic mass is 10.0. The van der Waals surface area contributed by atoms with Crippen molar-refractivity contribution in [2.45, 2.75) is 0 Å². The van der Waals surface area contributed by atoms with E-state index in [0.717, 1.165) is 55.3 Å². The number of furan rings is 1. The Kier molecular flexibility index (Phi) is 7.08. The summed E-state index contributed by atoms with van der Waals surface area (Å²) < 4.78 is 13.6. The van der Waals surface area contributed by atoms with Gasteiger partial charge in [0.1, 0.15) is 11.2 Å². The van der Waals surface area contributed by atoms with Crippen LogP contribution in [-0.2, 0) is 0 Å². The van der Waals surface area contributed by atoms with Crippen molar-refractivity contribution in [2.24, 2.45) is 0 Å². The number of aromatic nitrogens is 4. The molecule has 0 aliphatic heterocycles. The summed E-state index contributed by atoms with van der Waals surface area (Å²) in [6.45, 7) is 0. The number of thiophene rings is 2. The van der Waals surface area contributed by atoms with Gasteiger partial charge in [-0.2, -0.15) is 0 Å². The van der Waals surface area contributed by atoms with Crippen molar-refractivity contribution in [2.75, 3.05) is 0 Å². The molecule has 288 valence electrons. The second-order valence-corrected chi connectivity index (χ2v) is 18.1. The van der Waals surface area contributed by atoms with E-state index in [1.54, 1.807) is 0 Å². The lowest BCUT2D eigenvalue weighted by Gasteiger charge is -2.16. The highest BCUT2D eigenvalue weighted by atomic mass is 32.1. The monoisotopic (exact) mass is 826 g/mol. The molecule has 0 unspecified atom stereocenters. The Bertz CT molecular complexity index is 4060. The van der Waals surface area contributed by atoms with Crippen LogP contribution in [0.25, 0.3) is 135 Å². The van der Waals surface area contributed by atoms with Crippen LogP contribution in [0.2, 0.25) is 0 Å². The Morgan fingerprint density at radius 1 is 0.371 bits per heavy atom. The fourth-order valence-corrected chi connectivity index (χ4v) is 11.9. The molecule has 0 saturated carbocycles. The van der Waals surface area contributed by atoms with E-state index in [4.69, 9.17) is 19.4 Å². The number of rotatable bonds is 4. The molecular formula is C55H30N4OS2. The van der Waals surface area contributed by atoms with Crippen molar-refractivity contribution in [1.29, 1.82) is 0 Å². The zero-order valence-electron chi connectivity index (χ0n) is 32.8. The number of hydrogen-bond donors (Lipinski definition) is 0. The third-order valence-electron chi connectivity index (χ3n) is 12.4. The summed E-state index contributed by atoms with van der Waals surface area (Å²) in [6, 6.07) is 65.0. The quantitative estimate of drug-likeness (QED) is 0.177. The van der Waals surface area contributed by atoms with Gasteiger partial charge in [-0.1, -0.05) is 103 Å². The molecule has 0 bridgehead atoms. The van der Waals surface area contributed by atoms with Crippen molar-refractivity contribution in [3.8, 4) is 39.9 Å². The van der Waals surface area contributed by atoms with E-state index in [2.05, 4.69) is 168 Å². The van der Waals surface area contributed by atoms with E-state index < -0.39 is 0 Å². The summed E-state index contributed by atoms with van der Waals surface area (Å²) in [5.41, 5.74) is 7.77. The Balaban J connectivity index is 1.10. The molecule has 7 heteroatoms. The van der Waals surface area contributed by atoms with Crippen molar-refractivity contribution in [1.82, 2.24) is 19.5 Å². The van der Waals surface area contributed by atoms with Gasteiger partial charge < -0.3 is 8.98 Å². The van der Waals surface area contributed by atoms with Gasteiger partial charge in [0.25, 0.3) is 0 Å². The van der Waals surface area contributed by atoms with Crippen LogP contribution in [0.5, 0.6) is 0 Å². The molecule has 0 N–H and O–H groups in total. The van der Waals surface area contributed by atoms with E-state index in [-0.39, 0.29) is 0 Å². The van der Waals surface area contributed by atoms with Crippen LogP contribution in [0, 0.1) is 0 Å². The molecule has 9 aromatic carbocycles. The Labute approximate surface area is 361 Å². The van der Waals surface area contributed by atoms with E-state index in [9.17, 15) is 0 Å². The number of fused-ring (bicyclic) bond motifs is 13. The van der Waals surface area contributed by atoms with Crippen molar-refractivity contribution in [3.05, 3.63) is 182 Å². The molecule has 0 atom stereocenters. The zero-order chi connectivity index (χ0) is 40.5. The third kappa shape index (κ3) is 4.97. The van der Waals surface area contributed by atoms with E-state index >= 15 is 0 Å². The van der Waals surface area contributed by atoms with Crippen LogP contribution in [0.4, 0.5) is 0 Å². The minimum Gasteiger partial charge on any atom is -0.456 e. The lowest BCUT2D eigenvalue weighted by molar-refractivity contribution is 0.669. The van der Waals surface area contributed by atoms with Crippen molar-refractivity contribution in [3.63, 3.8) is 0 Å². The first-order valence-corrected chi connectivity index (χ1v) is 22.3. The summed E-state index contributed by atoms with van der Waals surface area (Å²) in [6.07, 6.45) is 0. The molecule has 5 heterocycles. The normalized spacial score (nSPS) is 12.2.